The van der Waals surface area contributed by atoms with Crippen LogP contribution in [0, 0.1) is 0 Å². The highest BCUT2D eigenvalue weighted by molar-refractivity contribution is 7.89. The van der Waals surface area contributed by atoms with Crippen LogP contribution in [0.2, 0.25) is 10.0 Å². The Morgan fingerprint density at radius 3 is 2.50 bits per heavy atom. The third kappa shape index (κ3) is 5.57. The summed E-state index contributed by atoms with van der Waals surface area (Å²) in [5.41, 5.74) is 0. The lowest BCUT2D eigenvalue weighted by molar-refractivity contribution is -0.123. The van der Waals surface area contributed by atoms with E-state index in [2.05, 4.69) is 12.2 Å². The molecule has 0 saturated carbocycles. The standard InChI is InChI=1S/C17H25Cl2N3O3S/c1-3-4-13(2)20-17(23)12-21-7-9-22(10-8-21)26(24,25)16-11-14(18)5-6-15(16)19/h5-6,11,13H,3-4,7-10,12H2,1-2H3,(H,20,23). The fourth-order valence-electron chi connectivity index (χ4n) is 2.97. The van der Waals surface area contributed by atoms with E-state index < -0.39 is 10.0 Å². The lowest BCUT2D eigenvalue weighted by atomic mass is 10.2. The Kier molecular flexibility index (Phi) is 7.73. The molecule has 1 N–H and O–H groups in total. The zero-order chi connectivity index (χ0) is 19.3. The Labute approximate surface area is 165 Å². The highest BCUT2D eigenvalue weighted by atomic mass is 35.5. The van der Waals surface area contributed by atoms with Crippen LogP contribution >= 0.6 is 23.2 Å². The van der Waals surface area contributed by atoms with E-state index in [0.29, 0.717) is 31.2 Å². The molecule has 1 atom stereocenters. The normalized spacial score (nSPS) is 17.8. The molecule has 1 amide bonds. The predicted molar refractivity (Wildman–Crippen MR) is 104 cm³/mol. The van der Waals surface area contributed by atoms with Crippen LogP contribution in [-0.4, -0.2) is 62.3 Å². The van der Waals surface area contributed by atoms with E-state index >= 15 is 0 Å². The molecule has 9 heteroatoms. The Morgan fingerprint density at radius 2 is 1.88 bits per heavy atom. The lowest BCUT2D eigenvalue weighted by Gasteiger charge is -2.33. The molecule has 2 rings (SSSR count). The molecular weight excluding hydrogens is 397 g/mol. The number of sulfonamides is 1. The summed E-state index contributed by atoms with van der Waals surface area (Å²) in [6.45, 7) is 5.95. The number of nitrogens with zero attached hydrogens (tertiary/aromatic N) is 2. The van der Waals surface area contributed by atoms with E-state index in [1.807, 2.05) is 11.8 Å². The molecule has 0 bridgehead atoms. The van der Waals surface area contributed by atoms with Crippen LogP contribution in [0.1, 0.15) is 26.7 Å². The number of benzene rings is 1. The second-order valence-electron chi connectivity index (χ2n) is 6.51. The molecule has 1 aromatic rings. The minimum atomic E-state index is -3.70. The van der Waals surface area contributed by atoms with E-state index in [-0.39, 0.29) is 28.4 Å². The summed E-state index contributed by atoms with van der Waals surface area (Å²) in [6.07, 6.45) is 1.96. The van der Waals surface area contributed by atoms with Crippen molar-refractivity contribution in [3.8, 4) is 0 Å². The summed E-state index contributed by atoms with van der Waals surface area (Å²) in [5, 5.41) is 3.44. The van der Waals surface area contributed by atoms with Gasteiger partial charge in [-0.15, -0.1) is 0 Å². The quantitative estimate of drug-likeness (QED) is 0.734. The molecular formula is C17H25Cl2N3O3S. The van der Waals surface area contributed by atoms with Crippen molar-refractivity contribution in [3.63, 3.8) is 0 Å². The SMILES string of the molecule is CCCC(C)NC(=O)CN1CCN(S(=O)(=O)c2cc(Cl)ccc2Cl)CC1. The average Bonchev–Trinajstić information content (AvgIpc) is 2.57. The van der Waals surface area contributed by atoms with Crippen LogP contribution < -0.4 is 5.32 Å². The zero-order valence-electron chi connectivity index (χ0n) is 15.0. The fourth-order valence-corrected chi connectivity index (χ4v) is 5.13. The van der Waals surface area contributed by atoms with Crippen molar-refractivity contribution < 1.29 is 13.2 Å². The molecule has 1 fully saturated rings. The Hall–Kier alpha value is -0.860. The summed E-state index contributed by atoms with van der Waals surface area (Å²) in [4.78, 5) is 14.0. The number of hydrogen-bond acceptors (Lipinski definition) is 4. The van der Waals surface area contributed by atoms with Crippen LogP contribution in [0.5, 0.6) is 0 Å². The topological polar surface area (TPSA) is 69.7 Å². The van der Waals surface area contributed by atoms with Crippen molar-refractivity contribution in [3.05, 3.63) is 28.2 Å². The maximum Gasteiger partial charge on any atom is 0.244 e. The molecule has 26 heavy (non-hydrogen) atoms. The summed E-state index contributed by atoms with van der Waals surface area (Å²) < 4.78 is 27.0. The monoisotopic (exact) mass is 421 g/mol. The van der Waals surface area contributed by atoms with Gasteiger partial charge in [-0.05, 0) is 31.5 Å². The third-order valence-corrected chi connectivity index (χ3v) is 6.95. The van der Waals surface area contributed by atoms with Gasteiger partial charge in [0.1, 0.15) is 4.90 Å². The van der Waals surface area contributed by atoms with Crippen molar-refractivity contribution in [1.82, 2.24) is 14.5 Å². The average molecular weight is 422 g/mol. The highest BCUT2D eigenvalue weighted by Gasteiger charge is 2.30. The number of piperazine rings is 1. The first kappa shape index (κ1) is 21.4. The minimum Gasteiger partial charge on any atom is -0.353 e. The molecule has 1 aromatic carbocycles. The van der Waals surface area contributed by atoms with Gasteiger partial charge in [0.2, 0.25) is 15.9 Å². The van der Waals surface area contributed by atoms with Crippen LogP contribution in [-0.2, 0) is 14.8 Å². The number of hydrogen-bond donors (Lipinski definition) is 1. The first-order valence-electron chi connectivity index (χ1n) is 8.71. The van der Waals surface area contributed by atoms with Crippen LogP contribution in [0.25, 0.3) is 0 Å². The van der Waals surface area contributed by atoms with E-state index in [4.69, 9.17) is 23.2 Å². The van der Waals surface area contributed by atoms with E-state index in [9.17, 15) is 13.2 Å². The minimum absolute atomic E-state index is 0.0197. The molecule has 0 aromatic heterocycles. The number of rotatable bonds is 7. The van der Waals surface area contributed by atoms with Gasteiger partial charge < -0.3 is 5.32 Å². The fraction of sp³-hybridized carbons (Fsp3) is 0.588. The van der Waals surface area contributed by atoms with Gasteiger partial charge in [0.05, 0.1) is 11.6 Å². The maximum absolute atomic E-state index is 12.8. The number of halogens is 2. The first-order chi connectivity index (χ1) is 12.2. The summed E-state index contributed by atoms with van der Waals surface area (Å²) in [7, 11) is -3.70. The second-order valence-corrected chi connectivity index (χ2v) is 9.26. The molecule has 1 aliphatic heterocycles. The number of nitrogens with one attached hydrogen (secondary N) is 1. The first-order valence-corrected chi connectivity index (χ1v) is 10.9. The molecule has 0 spiro atoms. The van der Waals surface area contributed by atoms with Gasteiger partial charge >= 0.3 is 0 Å². The van der Waals surface area contributed by atoms with Gasteiger partial charge in [-0.25, -0.2) is 8.42 Å². The van der Waals surface area contributed by atoms with Gasteiger partial charge in [-0.2, -0.15) is 4.31 Å². The summed E-state index contributed by atoms with van der Waals surface area (Å²) in [6, 6.07) is 4.56. The van der Waals surface area contributed by atoms with Gasteiger partial charge in [0.25, 0.3) is 0 Å². The van der Waals surface area contributed by atoms with Crippen LogP contribution in [0.15, 0.2) is 23.1 Å². The van der Waals surface area contributed by atoms with Crippen molar-refractivity contribution in [1.29, 1.82) is 0 Å². The molecule has 1 aliphatic rings. The summed E-state index contributed by atoms with van der Waals surface area (Å²) in [5.74, 6) is -0.0276. The van der Waals surface area contributed by atoms with Crippen molar-refractivity contribution >= 4 is 39.1 Å². The second kappa shape index (κ2) is 9.37. The van der Waals surface area contributed by atoms with Gasteiger partial charge in [0.15, 0.2) is 0 Å². The number of amides is 1. The molecule has 6 nitrogen and oxygen atoms in total. The number of carbonyl (C=O) groups is 1. The summed E-state index contributed by atoms with van der Waals surface area (Å²) >= 11 is 12.0. The Balaban J connectivity index is 1.93. The molecule has 146 valence electrons. The van der Waals surface area contributed by atoms with Gasteiger partial charge in [-0.3, -0.25) is 9.69 Å². The van der Waals surface area contributed by atoms with E-state index in [1.165, 1.54) is 16.4 Å². The molecule has 0 aliphatic carbocycles. The van der Waals surface area contributed by atoms with Crippen molar-refractivity contribution in [2.24, 2.45) is 0 Å². The van der Waals surface area contributed by atoms with E-state index in [1.54, 1.807) is 6.07 Å². The maximum atomic E-state index is 12.8. The molecule has 1 heterocycles. The van der Waals surface area contributed by atoms with Crippen LogP contribution in [0.3, 0.4) is 0 Å². The smallest absolute Gasteiger partial charge is 0.244 e. The van der Waals surface area contributed by atoms with Crippen molar-refractivity contribution in [2.75, 3.05) is 32.7 Å². The van der Waals surface area contributed by atoms with Gasteiger partial charge in [0, 0.05) is 37.2 Å². The largest absolute Gasteiger partial charge is 0.353 e. The molecule has 1 saturated heterocycles. The third-order valence-electron chi connectivity index (χ3n) is 4.34. The Bertz CT molecular complexity index is 735. The lowest BCUT2D eigenvalue weighted by Crippen LogP contribution is -2.51. The van der Waals surface area contributed by atoms with Crippen LogP contribution in [0.4, 0.5) is 0 Å². The predicted octanol–water partition coefficient (Wildman–Crippen LogP) is 2.60. The Morgan fingerprint density at radius 1 is 1.23 bits per heavy atom. The van der Waals surface area contributed by atoms with Gasteiger partial charge in [-0.1, -0.05) is 36.5 Å². The number of carbonyl (C=O) groups excluding carboxylic acids is 1. The molecule has 1 unspecified atom stereocenters. The highest BCUT2D eigenvalue weighted by Crippen LogP contribution is 2.28. The van der Waals surface area contributed by atoms with Crippen molar-refractivity contribution in [2.45, 2.75) is 37.6 Å². The zero-order valence-corrected chi connectivity index (χ0v) is 17.4. The van der Waals surface area contributed by atoms with E-state index in [0.717, 1.165) is 12.8 Å². The molecule has 0 radical (unpaired) electrons.